The molecule has 0 bridgehead atoms. The first-order chi connectivity index (χ1) is 19.1. The number of carbonyl (C=O) groups is 2. The quantitative estimate of drug-likeness (QED) is 0.346. The third-order valence-corrected chi connectivity index (χ3v) is 13.4. The Morgan fingerprint density at radius 1 is 1.02 bits per heavy atom. The van der Waals surface area contributed by atoms with Gasteiger partial charge in [-0.3, -0.25) is 4.79 Å². The van der Waals surface area contributed by atoms with Crippen LogP contribution in [0.1, 0.15) is 95.8 Å². The summed E-state index contributed by atoms with van der Waals surface area (Å²) in [5.74, 6) is 2.58. The Balaban J connectivity index is 1.08. The zero-order valence-corrected chi connectivity index (χ0v) is 25.3. The summed E-state index contributed by atoms with van der Waals surface area (Å²) in [7, 11) is 0. The Hall–Kier alpha value is -1.43. The van der Waals surface area contributed by atoms with E-state index in [0.29, 0.717) is 52.4 Å². The number of hydrogen-bond acceptors (Lipinski definition) is 5. The van der Waals surface area contributed by atoms with E-state index < -0.39 is 5.79 Å². The minimum absolute atomic E-state index is 0.0857. The predicted octanol–water partition coefficient (Wildman–Crippen LogP) is 7.49. The smallest absolute Gasteiger partial charge is 0.339 e. The summed E-state index contributed by atoms with van der Waals surface area (Å²) in [5.41, 5.74) is 0.240. The lowest BCUT2D eigenvalue weighted by Gasteiger charge is -2.60. The number of carbonyl (C=O) groups excluding carboxylic acids is 2. The van der Waals surface area contributed by atoms with Crippen molar-refractivity contribution in [1.29, 1.82) is 0 Å². The molecule has 5 nitrogen and oxygen atoms in total. The van der Waals surface area contributed by atoms with Crippen molar-refractivity contribution in [2.75, 3.05) is 6.61 Å². The Labute approximate surface area is 244 Å². The summed E-state index contributed by atoms with van der Waals surface area (Å²) in [5, 5.41) is 0.438. The molecule has 0 amide bonds. The van der Waals surface area contributed by atoms with E-state index in [1.54, 1.807) is 12.1 Å². The van der Waals surface area contributed by atoms with Gasteiger partial charge < -0.3 is 14.2 Å². The third kappa shape index (κ3) is 3.85. The maximum absolute atomic E-state index is 14.3. The van der Waals surface area contributed by atoms with E-state index in [2.05, 4.69) is 27.7 Å². The number of hydrogen-bond donors (Lipinski definition) is 0. The van der Waals surface area contributed by atoms with Crippen LogP contribution in [0.4, 0.5) is 0 Å². The highest BCUT2D eigenvalue weighted by molar-refractivity contribution is 6.33. The summed E-state index contributed by atoms with van der Waals surface area (Å²) in [6, 6.07) is 7.11. The highest BCUT2D eigenvalue weighted by Crippen LogP contribution is 2.70. The van der Waals surface area contributed by atoms with Crippen LogP contribution < -0.4 is 0 Å². The van der Waals surface area contributed by atoms with Crippen molar-refractivity contribution in [2.45, 2.75) is 103 Å². The van der Waals surface area contributed by atoms with Gasteiger partial charge in [0, 0.05) is 30.1 Å². The zero-order valence-electron chi connectivity index (χ0n) is 24.5. The fourth-order valence-electron chi connectivity index (χ4n) is 10.9. The molecular weight excluding hydrogens is 524 g/mol. The predicted molar refractivity (Wildman–Crippen MR) is 153 cm³/mol. The van der Waals surface area contributed by atoms with Crippen LogP contribution in [0, 0.1) is 52.3 Å². The van der Waals surface area contributed by atoms with Gasteiger partial charge in [-0.25, -0.2) is 4.79 Å². The van der Waals surface area contributed by atoms with Crippen LogP contribution in [-0.4, -0.2) is 36.4 Å². The lowest BCUT2D eigenvalue weighted by molar-refractivity contribution is -0.272. The number of halogens is 1. The highest BCUT2D eigenvalue weighted by Gasteiger charge is 2.71. The molecule has 0 aromatic heterocycles. The van der Waals surface area contributed by atoms with Gasteiger partial charge in [0.25, 0.3) is 0 Å². The van der Waals surface area contributed by atoms with Gasteiger partial charge in [0.2, 0.25) is 0 Å². The van der Waals surface area contributed by atoms with Gasteiger partial charge in [-0.1, -0.05) is 51.4 Å². The molecule has 6 heteroatoms. The molecule has 218 valence electrons. The van der Waals surface area contributed by atoms with Gasteiger partial charge in [-0.15, -0.1) is 0 Å². The minimum Gasteiger partial charge on any atom is -0.459 e. The highest BCUT2D eigenvalue weighted by atomic mass is 35.5. The SMILES string of the molecule is C[C@@H]1CC[C@@]2(OC1)O[C@H]1C[C@H]3[C@@H]4CC[C@H]5C[C@@H](OC(=O)c6ccccc6Cl)CC[C@]5(C)[C@H]4CC(=O)[C@]3(C)[C@H]1[C@@H]2C. The molecule has 4 aliphatic carbocycles. The Morgan fingerprint density at radius 3 is 2.58 bits per heavy atom. The molecule has 2 heterocycles. The molecule has 1 spiro atoms. The molecule has 4 saturated carbocycles. The number of fused-ring (bicyclic) bond motifs is 7. The van der Waals surface area contributed by atoms with Gasteiger partial charge in [0.1, 0.15) is 11.9 Å². The topological polar surface area (TPSA) is 61.8 Å². The van der Waals surface area contributed by atoms with Crippen LogP contribution in [0.2, 0.25) is 5.02 Å². The average Bonchev–Trinajstić information content (AvgIpc) is 3.38. The van der Waals surface area contributed by atoms with Crippen molar-refractivity contribution in [3.05, 3.63) is 34.9 Å². The molecule has 0 radical (unpaired) electrons. The van der Waals surface area contributed by atoms with Gasteiger partial charge >= 0.3 is 5.97 Å². The fourth-order valence-corrected chi connectivity index (χ4v) is 11.1. The number of ketones is 1. The van der Waals surface area contributed by atoms with Crippen molar-refractivity contribution in [3.8, 4) is 0 Å². The van der Waals surface area contributed by atoms with Crippen molar-refractivity contribution in [3.63, 3.8) is 0 Å². The molecule has 2 saturated heterocycles. The van der Waals surface area contributed by atoms with Crippen molar-refractivity contribution >= 4 is 23.4 Å². The normalized spacial score (nSPS) is 49.6. The summed E-state index contributed by atoms with van der Waals surface area (Å²) in [4.78, 5) is 27.2. The van der Waals surface area contributed by atoms with E-state index in [1.807, 2.05) is 12.1 Å². The summed E-state index contributed by atoms with van der Waals surface area (Å²) >= 11 is 6.26. The molecule has 12 atom stereocenters. The lowest BCUT2D eigenvalue weighted by Crippen LogP contribution is -2.58. The molecule has 1 aromatic rings. The maximum Gasteiger partial charge on any atom is 0.339 e. The number of ether oxygens (including phenoxy) is 3. The number of Topliss-reactive ketones (excluding diaryl/α,β-unsaturated/α-hetero) is 1. The first kappa shape index (κ1) is 27.4. The second kappa shape index (κ2) is 9.54. The van der Waals surface area contributed by atoms with Gasteiger partial charge in [0.05, 0.1) is 23.3 Å². The standard InChI is InChI=1S/C34H45ClO5/c1-19-11-14-34(38-18-19)20(2)30-28(40-34)16-26-23-10-9-21-15-22(39-31(37)24-7-5-6-8-27(24)35)12-13-32(21,3)25(23)17-29(36)33(26,30)4/h5-8,19-23,25-26,28,30H,9-18H2,1-4H3/t19-,20+,21+,22+,23-,25+,26+,28+,30+,32+,33-,34-/m1/s1. The Morgan fingerprint density at radius 2 is 1.82 bits per heavy atom. The second-order valence-corrected chi connectivity index (χ2v) is 15.2. The zero-order chi connectivity index (χ0) is 28.0. The molecule has 1 aromatic carbocycles. The van der Waals surface area contributed by atoms with Crippen LogP contribution in [0.3, 0.4) is 0 Å². The first-order valence-corrected chi connectivity index (χ1v) is 16.2. The maximum atomic E-state index is 14.3. The summed E-state index contributed by atoms with van der Waals surface area (Å²) in [6.07, 6.45) is 8.87. The minimum atomic E-state index is -0.490. The van der Waals surface area contributed by atoms with Crippen molar-refractivity contribution in [2.24, 2.45) is 52.3 Å². The summed E-state index contributed by atoms with van der Waals surface area (Å²) < 4.78 is 19.3. The van der Waals surface area contributed by atoms with Gasteiger partial charge in [-0.05, 0) is 92.1 Å². The molecular formula is C34H45ClO5. The number of benzene rings is 1. The third-order valence-electron chi connectivity index (χ3n) is 13.1. The molecule has 2 aliphatic heterocycles. The van der Waals surface area contributed by atoms with E-state index in [9.17, 15) is 9.59 Å². The van der Waals surface area contributed by atoms with Gasteiger partial charge in [0.15, 0.2) is 5.79 Å². The fraction of sp³-hybridized carbons (Fsp3) is 0.765. The number of rotatable bonds is 2. The van der Waals surface area contributed by atoms with Crippen LogP contribution in [0.5, 0.6) is 0 Å². The van der Waals surface area contributed by atoms with E-state index in [4.69, 9.17) is 25.8 Å². The average molecular weight is 569 g/mol. The molecule has 6 aliphatic rings. The van der Waals surface area contributed by atoms with Gasteiger partial charge in [-0.2, -0.15) is 0 Å². The molecule has 40 heavy (non-hydrogen) atoms. The van der Waals surface area contributed by atoms with Crippen molar-refractivity contribution < 1.29 is 23.8 Å². The Bertz CT molecular complexity index is 1190. The van der Waals surface area contributed by atoms with Crippen LogP contribution in [0.15, 0.2) is 24.3 Å². The molecule has 0 unspecified atom stereocenters. The summed E-state index contributed by atoms with van der Waals surface area (Å²) in [6.45, 7) is 10.1. The van der Waals surface area contributed by atoms with E-state index in [0.717, 1.165) is 58.0 Å². The Kier molecular flexibility index (Phi) is 6.54. The van der Waals surface area contributed by atoms with Crippen LogP contribution in [-0.2, 0) is 19.0 Å². The molecule has 6 fully saturated rings. The largest absolute Gasteiger partial charge is 0.459 e. The van der Waals surface area contributed by atoms with E-state index in [-0.39, 0.29) is 40.8 Å². The molecule has 0 N–H and O–H groups in total. The van der Waals surface area contributed by atoms with Crippen LogP contribution in [0.25, 0.3) is 0 Å². The first-order valence-electron chi connectivity index (χ1n) is 15.9. The second-order valence-electron chi connectivity index (χ2n) is 14.8. The van der Waals surface area contributed by atoms with Crippen LogP contribution >= 0.6 is 11.6 Å². The monoisotopic (exact) mass is 568 g/mol. The lowest BCUT2D eigenvalue weighted by atomic mass is 9.44. The van der Waals surface area contributed by atoms with Crippen molar-refractivity contribution in [1.82, 2.24) is 0 Å². The molecule has 7 rings (SSSR count). The van der Waals surface area contributed by atoms with E-state index >= 15 is 0 Å². The van der Waals surface area contributed by atoms with E-state index in [1.165, 1.54) is 0 Å². The number of esters is 1.